The van der Waals surface area contributed by atoms with E-state index in [0.29, 0.717) is 28.8 Å². The highest BCUT2D eigenvalue weighted by molar-refractivity contribution is 6.42. The van der Waals surface area contributed by atoms with Crippen molar-refractivity contribution < 1.29 is 9.59 Å². The lowest BCUT2D eigenvalue weighted by Crippen LogP contribution is -2.40. The molecule has 0 atom stereocenters. The average molecular weight is 331 g/mol. The number of rotatable bonds is 6. The van der Waals surface area contributed by atoms with E-state index in [1.165, 1.54) is 6.07 Å². The Morgan fingerprint density at radius 1 is 1.14 bits per heavy atom. The zero-order valence-corrected chi connectivity index (χ0v) is 13.8. The lowest BCUT2D eigenvalue weighted by atomic mass is 10.2. The van der Waals surface area contributed by atoms with Gasteiger partial charge >= 0.3 is 11.8 Å². The number of nitrogens with one attached hydrogen (secondary N) is 1. The Labute approximate surface area is 135 Å². The first-order chi connectivity index (χ1) is 9.99. The van der Waals surface area contributed by atoms with E-state index in [-0.39, 0.29) is 0 Å². The van der Waals surface area contributed by atoms with Crippen molar-refractivity contribution in [3.63, 3.8) is 0 Å². The number of hydrogen-bond acceptors (Lipinski definition) is 2. The van der Waals surface area contributed by atoms with Crippen LogP contribution in [0, 0.1) is 0 Å². The number of nitrogens with zero attached hydrogens (tertiary/aromatic N) is 1. The Bertz CT molecular complexity index is 506. The second kappa shape index (κ2) is 8.90. The molecule has 0 aliphatic carbocycles. The van der Waals surface area contributed by atoms with Crippen LogP contribution in [-0.4, -0.2) is 29.8 Å². The van der Waals surface area contributed by atoms with Gasteiger partial charge in [0.25, 0.3) is 0 Å². The third-order valence-electron chi connectivity index (χ3n) is 2.94. The monoisotopic (exact) mass is 330 g/mol. The summed E-state index contributed by atoms with van der Waals surface area (Å²) in [5.41, 5.74) is 0.381. The lowest BCUT2D eigenvalue weighted by Gasteiger charge is -2.21. The van der Waals surface area contributed by atoms with E-state index in [9.17, 15) is 9.59 Å². The summed E-state index contributed by atoms with van der Waals surface area (Å²) in [7, 11) is 0. The number of unbranched alkanes of at least 4 members (excludes halogenated alkanes) is 1. The van der Waals surface area contributed by atoms with E-state index in [0.717, 1.165) is 19.3 Å². The number of halogens is 2. The molecular weight excluding hydrogens is 311 g/mol. The first kappa shape index (κ1) is 17.8. The molecule has 0 aliphatic rings. The highest BCUT2D eigenvalue weighted by Gasteiger charge is 2.21. The van der Waals surface area contributed by atoms with Crippen LogP contribution in [-0.2, 0) is 9.59 Å². The minimum Gasteiger partial charge on any atom is -0.334 e. The molecular formula is C15H20Cl2N2O2. The zero-order chi connectivity index (χ0) is 15.8. The van der Waals surface area contributed by atoms with Gasteiger partial charge in [-0.15, -0.1) is 0 Å². The van der Waals surface area contributed by atoms with Crippen molar-refractivity contribution in [1.29, 1.82) is 0 Å². The van der Waals surface area contributed by atoms with Gasteiger partial charge in [-0.05, 0) is 31.0 Å². The van der Waals surface area contributed by atoms with Crippen molar-refractivity contribution >= 4 is 40.7 Å². The van der Waals surface area contributed by atoms with Gasteiger partial charge in [-0.1, -0.05) is 43.5 Å². The Morgan fingerprint density at radius 3 is 2.43 bits per heavy atom. The molecule has 0 bridgehead atoms. The van der Waals surface area contributed by atoms with Crippen LogP contribution in [0.15, 0.2) is 18.2 Å². The summed E-state index contributed by atoms with van der Waals surface area (Å²) in [5.74, 6) is -1.21. The van der Waals surface area contributed by atoms with E-state index in [4.69, 9.17) is 23.2 Å². The van der Waals surface area contributed by atoms with Crippen molar-refractivity contribution in [3.05, 3.63) is 28.2 Å². The first-order valence-electron chi connectivity index (χ1n) is 7.04. The fourth-order valence-electron chi connectivity index (χ4n) is 1.84. The van der Waals surface area contributed by atoms with Gasteiger partial charge in [0.1, 0.15) is 0 Å². The number of carbonyl (C=O) groups is 2. The van der Waals surface area contributed by atoms with Crippen LogP contribution in [0.4, 0.5) is 5.69 Å². The molecule has 0 unspecified atom stereocenters. The minimum absolute atomic E-state index is 0.305. The van der Waals surface area contributed by atoms with E-state index in [1.54, 1.807) is 17.0 Å². The molecule has 1 N–H and O–H groups in total. The average Bonchev–Trinajstić information content (AvgIpc) is 2.45. The smallest absolute Gasteiger partial charge is 0.313 e. The Balaban J connectivity index is 2.73. The quantitative estimate of drug-likeness (QED) is 0.802. The summed E-state index contributed by atoms with van der Waals surface area (Å²) in [6.45, 7) is 5.17. The van der Waals surface area contributed by atoms with Crippen LogP contribution in [0.1, 0.15) is 33.1 Å². The van der Waals surface area contributed by atoms with Crippen LogP contribution in [0.5, 0.6) is 0 Å². The molecule has 6 heteroatoms. The molecule has 1 rings (SSSR count). The lowest BCUT2D eigenvalue weighted by molar-refractivity contribution is -0.143. The van der Waals surface area contributed by atoms with Gasteiger partial charge in [-0.3, -0.25) is 9.59 Å². The van der Waals surface area contributed by atoms with E-state index >= 15 is 0 Å². The molecule has 0 saturated carbocycles. The molecule has 0 saturated heterocycles. The Hall–Kier alpha value is -1.26. The van der Waals surface area contributed by atoms with Crippen molar-refractivity contribution in [3.8, 4) is 0 Å². The largest absolute Gasteiger partial charge is 0.334 e. The van der Waals surface area contributed by atoms with Crippen LogP contribution >= 0.6 is 23.2 Å². The van der Waals surface area contributed by atoms with Gasteiger partial charge in [0.2, 0.25) is 0 Å². The standard InChI is InChI=1S/C15H20Cl2N2O2/c1-3-5-9-19(8-4-2)15(21)14(20)18-13-7-6-11(16)10-12(13)17/h6-7,10H,3-5,8-9H2,1-2H3,(H,18,20). The van der Waals surface area contributed by atoms with Gasteiger partial charge in [0, 0.05) is 18.1 Å². The summed E-state index contributed by atoms with van der Waals surface area (Å²) < 4.78 is 0. The maximum Gasteiger partial charge on any atom is 0.313 e. The van der Waals surface area contributed by atoms with Gasteiger partial charge in [-0.25, -0.2) is 0 Å². The van der Waals surface area contributed by atoms with Crippen molar-refractivity contribution in [2.45, 2.75) is 33.1 Å². The highest BCUT2D eigenvalue weighted by atomic mass is 35.5. The molecule has 1 aromatic carbocycles. The SMILES string of the molecule is CCCCN(CCC)C(=O)C(=O)Nc1ccc(Cl)cc1Cl. The van der Waals surface area contributed by atoms with Crippen LogP contribution in [0.3, 0.4) is 0 Å². The van der Waals surface area contributed by atoms with Crippen molar-refractivity contribution in [1.82, 2.24) is 4.90 Å². The summed E-state index contributed by atoms with van der Waals surface area (Å²) in [6, 6.07) is 4.70. The topological polar surface area (TPSA) is 49.4 Å². The number of amides is 2. The second-order valence-corrected chi connectivity index (χ2v) is 5.57. The first-order valence-corrected chi connectivity index (χ1v) is 7.80. The number of benzene rings is 1. The maximum atomic E-state index is 12.2. The van der Waals surface area contributed by atoms with Crippen molar-refractivity contribution in [2.24, 2.45) is 0 Å². The third kappa shape index (κ3) is 5.56. The molecule has 116 valence electrons. The summed E-state index contributed by atoms with van der Waals surface area (Å²) in [5, 5.41) is 3.31. The maximum absolute atomic E-state index is 12.2. The molecule has 0 spiro atoms. The molecule has 21 heavy (non-hydrogen) atoms. The van der Waals surface area contributed by atoms with Crippen molar-refractivity contribution in [2.75, 3.05) is 18.4 Å². The molecule has 0 fully saturated rings. The number of anilines is 1. The van der Waals surface area contributed by atoms with E-state index < -0.39 is 11.8 Å². The second-order valence-electron chi connectivity index (χ2n) is 4.72. The summed E-state index contributed by atoms with van der Waals surface area (Å²) in [6.07, 6.45) is 2.66. The minimum atomic E-state index is -0.677. The molecule has 0 radical (unpaired) electrons. The predicted octanol–water partition coefficient (Wildman–Crippen LogP) is 3.97. The van der Waals surface area contributed by atoms with E-state index in [2.05, 4.69) is 5.32 Å². The normalized spacial score (nSPS) is 10.3. The summed E-state index contributed by atoms with van der Waals surface area (Å²) in [4.78, 5) is 25.8. The van der Waals surface area contributed by atoms with Gasteiger partial charge < -0.3 is 10.2 Å². The van der Waals surface area contributed by atoms with E-state index in [1.807, 2.05) is 13.8 Å². The molecule has 2 amide bonds. The predicted molar refractivity (Wildman–Crippen MR) is 86.9 cm³/mol. The number of carbonyl (C=O) groups excluding carboxylic acids is 2. The summed E-state index contributed by atoms with van der Waals surface area (Å²) >= 11 is 11.8. The van der Waals surface area contributed by atoms with Gasteiger partial charge in [0.15, 0.2) is 0 Å². The number of hydrogen-bond donors (Lipinski definition) is 1. The molecule has 0 heterocycles. The fourth-order valence-corrected chi connectivity index (χ4v) is 2.30. The fraction of sp³-hybridized carbons (Fsp3) is 0.467. The van der Waals surface area contributed by atoms with Gasteiger partial charge in [-0.2, -0.15) is 0 Å². The van der Waals surface area contributed by atoms with Crippen LogP contribution < -0.4 is 5.32 Å². The molecule has 1 aromatic rings. The molecule has 4 nitrogen and oxygen atoms in total. The zero-order valence-electron chi connectivity index (χ0n) is 12.3. The highest BCUT2D eigenvalue weighted by Crippen LogP contribution is 2.25. The van der Waals surface area contributed by atoms with Crippen LogP contribution in [0.2, 0.25) is 10.0 Å². The Kier molecular flexibility index (Phi) is 7.54. The van der Waals surface area contributed by atoms with Gasteiger partial charge in [0.05, 0.1) is 10.7 Å². The van der Waals surface area contributed by atoms with Crippen LogP contribution in [0.25, 0.3) is 0 Å². The molecule has 0 aliphatic heterocycles. The molecule has 0 aromatic heterocycles. The Morgan fingerprint density at radius 2 is 1.86 bits per heavy atom. The third-order valence-corrected chi connectivity index (χ3v) is 3.48.